The fourth-order valence-corrected chi connectivity index (χ4v) is 1.77. The lowest BCUT2D eigenvalue weighted by atomic mass is 10.2. The van der Waals surface area contributed by atoms with E-state index in [-0.39, 0.29) is 11.9 Å². The molecule has 1 saturated heterocycles. The van der Waals surface area contributed by atoms with Crippen molar-refractivity contribution in [2.24, 2.45) is 7.05 Å². The molecule has 82 valence electrons. The number of nitrogens with one attached hydrogen (secondary N) is 2. The van der Waals surface area contributed by atoms with E-state index in [0.29, 0.717) is 6.42 Å². The van der Waals surface area contributed by atoms with Crippen molar-refractivity contribution >= 4 is 5.91 Å². The molecule has 0 spiro atoms. The Morgan fingerprint density at radius 3 is 3.20 bits per heavy atom. The zero-order valence-electron chi connectivity index (χ0n) is 8.86. The standard InChI is InChI=1S/C10H16N4O/c1-14-5-4-12-9(14)2-3-11-8-6-10(15)13-7-8/h4-5,8,11H,2-3,6-7H2,1H3,(H,13,15). The second-order valence-corrected chi connectivity index (χ2v) is 3.86. The van der Waals surface area contributed by atoms with Crippen molar-refractivity contribution in [3.05, 3.63) is 18.2 Å². The van der Waals surface area contributed by atoms with Gasteiger partial charge in [-0.2, -0.15) is 0 Å². The lowest BCUT2D eigenvalue weighted by Gasteiger charge is -2.09. The molecule has 1 amide bonds. The summed E-state index contributed by atoms with van der Waals surface area (Å²) in [7, 11) is 1.99. The van der Waals surface area contributed by atoms with E-state index in [2.05, 4.69) is 15.6 Å². The normalized spacial score (nSPS) is 20.6. The minimum Gasteiger partial charge on any atom is -0.354 e. The van der Waals surface area contributed by atoms with Gasteiger partial charge in [-0.1, -0.05) is 0 Å². The van der Waals surface area contributed by atoms with Gasteiger partial charge in [-0.25, -0.2) is 4.98 Å². The molecular formula is C10H16N4O. The zero-order valence-corrected chi connectivity index (χ0v) is 8.86. The third-order valence-corrected chi connectivity index (χ3v) is 2.68. The summed E-state index contributed by atoms with van der Waals surface area (Å²) in [6.07, 6.45) is 5.24. The van der Waals surface area contributed by atoms with Crippen molar-refractivity contribution < 1.29 is 4.79 Å². The Morgan fingerprint density at radius 2 is 2.60 bits per heavy atom. The van der Waals surface area contributed by atoms with Crippen LogP contribution in [0.4, 0.5) is 0 Å². The monoisotopic (exact) mass is 208 g/mol. The average molecular weight is 208 g/mol. The highest BCUT2D eigenvalue weighted by Gasteiger charge is 2.20. The first kappa shape index (κ1) is 10.2. The second kappa shape index (κ2) is 4.44. The first-order valence-electron chi connectivity index (χ1n) is 5.22. The Bertz CT molecular complexity index is 347. The Labute approximate surface area is 88.9 Å². The van der Waals surface area contributed by atoms with Gasteiger partial charge in [-0.05, 0) is 0 Å². The molecule has 15 heavy (non-hydrogen) atoms. The molecule has 1 atom stereocenters. The van der Waals surface area contributed by atoms with E-state index < -0.39 is 0 Å². The number of amides is 1. The lowest BCUT2D eigenvalue weighted by molar-refractivity contribution is -0.119. The van der Waals surface area contributed by atoms with Crippen LogP contribution >= 0.6 is 0 Å². The topological polar surface area (TPSA) is 59.0 Å². The van der Waals surface area contributed by atoms with Crippen molar-refractivity contribution in [1.82, 2.24) is 20.2 Å². The smallest absolute Gasteiger partial charge is 0.221 e. The van der Waals surface area contributed by atoms with Crippen LogP contribution < -0.4 is 10.6 Å². The first-order chi connectivity index (χ1) is 7.25. The molecule has 2 N–H and O–H groups in total. The van der Waals surface area contributed by atoms with Crippen LogP contribution in [-0.4, -0.2) is 34.6 Å². The van der Waals surface area contributed by atoms with E-state index in [4.69, 9.17) is 0 Å². The molecule has 2 rings (SSSR count). The maximum Gasteiger partial charge on any atom is 0.221 e. The van der Waals surface area contributed by atoms with Crippen molar-refractivity contribution in [3.63, 3.8) is 0 Å². The summed E-state index contributed by atoms with van der Waals surface area (Å²) in [5.41, 5.74) is 0. The molecule has 1 fully saturated rings. The second-order valence-electron chi connectivity index (χ2n) is 3.86. The number of rotatable bonds is 4. The van der Waals surface area contributed by atoms with E-state index >= 15 is 0 Å². The minimum atomic E-state index is 0.143. The van der Waals surface area contributed by atoms with Gasteiger partial charge in [0.2, 0.25) is 5.91 Å². The van der Waals surface area contributed by atoms with Crippen LogP contribution in [0.15, 0.2) is 12.4 Å². The average Bonchev–Trinajstić information content (AvgIpc) is 2.77. The Morgan fingerprint density at radius 1 is 1.73 bits per heavy atom. The van der Waals surface area contributed by atoms with Gasteiger partial charge >= 0.3 is 0 Å². The van der Waals surface area contributed by atoms with Gasteiger partial charge in [0.1, 0.15) is 5.82 Å². The Hall–Kier alpha value is -1.36. The summed E-state index contributed by atoms with van der Waals surface area (Å²) in [5.74, 6) is 1.21. The van der Waals surface area contributed by atoms with Crippen LogP contribution in [0.2, 0.25) is 0 Å². The Balaban J connectivity index is 1.71. The fraction of sp³-hybridized carbons (Fsp3) is 0.600. The quantitative estimate of drug-likeness (QED) is 0.697. The molecule has 5 nitrogen and oxygen atoms in total. The molecule has 0 aliphatic carbocycles. The summed E-state index contributed by atoms with van der Waals surface area (Å²) < 4.78 is 2.01. The van der Waals surface area contributed by atoms with Gasteiger partial charge in [-0.3, -0.25) is 4.79 Å². The van der Waals surface area contributed by atoms with Crippen molar-refractivity contribution in [2.75, 3.05) is 13.1 Å². The molecule has 1 aliphatic rings. The van der Waals surface area contributed by atoms with Gasteiger partial charge in [0.15, 0.2) is 0 Å². The van der Waals surface area contributed by atoms with Crippen molar-refractivity contribution in [1.29, 1.82) is 0 Å². The van der Waals surface area contributed by atoms with Crippen LogP contribution in [0.1, 0.15) is 12.2 Å². The third kappa shape index (κ3) is 2.56. The summed E-state index contributed by atoms with van der Waals surface area (Å²) in [5, 5.41) is 6.14. The molecule has 0 saturated carbocycles. The Kier molecular flexibility index (Phi) is 3.01. The van der Waals surface area contributed by atoms with E-state index in [0.717, 1.165) is 25.3 Å². The number of hydrogen-bond donors (Lipinski definition) is 2. The van der Waals surface area contributed by atoms with E-state index in [1.54, 1.807) is 6.20 Å². The molecule has 0 aromatic carbocycles. The maximum absolute atomic E-state index is 10.9. The van der Waals surface area contributed by atoms with E-state index in [9.17, 15) is 4.79 Å². The van der Waals surface area contributed by atoms with Crippen LogP contribution in [0, 0.1) is 0 Å². The van der Waals surface area contributed by atoms with Crippen molar-refractivity contribution in [2.45, 2.75) is 18.9 Å². The van der Waals surface area contributed by atoms with Crippen LogP contribution in [-0.2, 0) is 18.3 Å². The number of carbonyl (C=O) groups is 1. The summed E-state index contributed by atoms with van der Waals surface area (Å²) >= 11 is 0. The number of aromatic nitrogens is 2. The highest BCUT2D eigenvalue weighted by Crippen LogP contribution is 2.00. The summed E-state index contributed by atoms with van der Waals surface area (Å²) in [6.45, 7) is 1.61. The number of carbonyl (C=O) groups excluding carboxylic acids is 1. The summed E-state index contributed by atoms with van der Waals surface area (Å²) in [6, 6.07) is 0.290. The molecule has 1 aliphatic heterocycles. The van der Waals surface area contributed by atoms with Gasteiger partial charge in [-0.15, -0.1) is 0 Å². The maximum atomic E-state index is 10.9. The molecule has 0 radical (unpaired) electrons. The van der Waals surface area contributed by atoms with E-state index in [1.165, 1.54) is 0 Å². The number of hydrogen-bond acceptors (Lipinski definition) is 3. The lowest BCUT2D eigenvalue weighted by Crippen LogP contribution is -2.32. The summed E-state index contributed by atoms with van der Waals surface area (Å²) in [4.78, 5) is 15.2. The number of aryl methyl sites for hydroxylation is 1. The highest BCUT2D eigenvalue weighted by atomic mass is 16.1. The predicted molar refractivity (Wildman–Crippen MR) is 56.3 cm³/mol. The van der Waals surface area contributed by atoms with Gasteiger partial charge < -0.3 is 15.2 Å². The SMILES string of the molecule is Cn1ccnc1CCNC1CNC(=O)C1. The third-order valence-electron chi connectivity index (χ3n) is 2.68. The van der Waals surface area contributed by atoms with Crippen LogP contribution in [0.5, 0.6) is 0 Å². The van der Waals surface area contributed by atoms with Crippen molar-refractivity contribution in [3.8, 4) is 0 Å². The van der Waals surface area contributed by atoms with Gasteiger partial charge in [0, 0.05) is 51.4 Å². The van der Waals surface area contributed by atoms with Crippen LogP contribution in [0.25, 0.3) is 0 Å². The molecule has 1 unspecified atom stereocenters. The predicted octanol–water partition coefficient (Wildman–Crippen LogP) is -0.559. The highest BCUT2D eigenvalue weighted by molar-refractivity contribution is 5.78. The molecule has 2 heterocycles. The largest absolute Gasteiger partial charge is 0.354 e. The fourth-order valence-electron chi connectivity index (χ4n) is 1.77. The number of imidazole rings is 1. The molecule has 1 aromatic heterocycles. The van der Waals surface area contributed by atoms with Gasteiger partial charge in [0.05, 0.1) is 0 Å². The van der Waals surface area contributed by atoms with Crippen LogP contribution in [0.3, 0.4) is 0 Å². The molecule has 5 heteroatoms. The van der Waals surface area contributed by atoms with Gasteiger partial charge in [0.25, 0.3) is 0 Å². The molecule has 0 bridgehead atoms. The molecular weight excluding hydrogens is 192 g/mol. The minimum absolute atomic E-state index is 0.143. The first-order valence-corrected chi connectivity index (χ1v) is 5.22. The molecule has 1 aromatic rings. The number of nitrogens with zero attached hydrogens (tertiary/aromatic N) is 2. The van der Waals surface area contributed by atoms with E-state index in [1.807, 2.05) is 17.8 Å². The zero-order chi connectivity index (χ0) is 10.7.